The number of hydrogen-bond donors (Lipinski definition) is 0. The molecule has 10 heavy (non-hydrogen) atoms. The van der Waals surface area contributed by atoms with Gasteiger partial charge < -0.3 is 0 Å². The van der Waals surface area contributed by atoms with Gasteiger partial charge in [0.05, 0.1) is 5.75 Å². The molecule has 0 aliphatic heterocycles. The molecule has 0 aromatic rings. The minimum Gasteiger partial charge on any atom is -0.243 e. The molecule has 0 heterocycles. The molecule has 3 nitrogen and oxygen atoms in total. The molecule has 0 amide bonds. The van der Waals surface area contributed by atoms with Crippen molar-refractivity contribution >= 4 is 40.4 Å². The van der Waals surface area contributed by atoms with Crippen molar-refractivity contribution in [1.29, 1.82) is 0 Å². The van der Waals surface area contributed by atoms with Gasteiger partial charge in [-0.2, -0.15) is 0 Å². The van der Waals surface area contributed by atoms with E-state index in [-0.39, 0.29) is 17.9 Å². The van der Waals surface area contributed by atoms with Crippen LogP contribution in [0.25, 0.3) is 0 Å². The molecule has 0 N–H and O–H groups in total. The predicted octanol–water partition coefficient (Wildman–Crippen LogP) is 0.848. The Morgan fingerprint density at radius 3 is 2.20 bits per heavy atom. The van der Waals surface area contributed by atoms with E-state index in [1.807, 2.05) is 0 Å². The van der Waals surface area contributed by atoms with Crippen molar-refractivity contribution in [3.8, 4) is 0 Å². The maximum Gasteiger partial charge on any atom is 0.232 e. The smallest absolute Gasteiger partial charge is 0.232 e. The van der Waals surface area contributed by atoms with E-state index in [0.717, 1.165) is 0 Å². The van der Waals surface area contributed by atoms with E-state index in [9.17, 15) is 12.6 Å². The topological polar surface area (TPSA) is 51.2 Å². The summed E-state index contributed by atoms with van der Waals surface area (Å²) >= 11 is 0. The quantitative estimate of drug-likeness (QED) is 0.666. The average Bonchev–Trinajstić information content (AvgIpc) is 1.59. The van der Waals surface area contributed by atoms with E-state index < -0.39 is 19.1 Å². The first kappa shape index (κ1) is 10.7. The van der Waals surface area contributed by atoms with Crippen LogP contribution >= 0.6 is 21.4 Å². The Bertz CT molecular complexity index is 210. The number of halogens is 2. The SMILES string of the molecule is O=S(Cl)CCCS(=O)(=O)Cl. The van der Waals surface area contributed by atoms with Crippen LogP contribution in [-0.2, 0) is 19.1 Å². The standard InChI is InChI=1S/C3H6Cl2O3S2/c4-9(6)2-1-3-10(5,7)8/h1-3H2. The molecule has 0 aromatic carbocycles. The number of rotatable bonds is 4. The van der Waals surface area contributed by atoms with Gasteiger partial charge in [-0.25, -0.2) is 12.6 Å². The van der Waals surface area contributed by atoms with Gasteiger partial charge in [-0.3, -0.25) is 0 Å². The van der Waals surface area contributed by atoms with Gasteiger partial charge >= 0.3 is 0 Å². The van der Waals surface area contributed by atoms with Crippen LogP contribution in [-0.4, -0.2) is 24.1 Å². The van der Waals surface area contributed by atoms with Gasteiger partial charge in [-0.15, -0.1) is 0 Å². The summed E-state index contributed by atoms with van der Waals surface area (Å²) in [6.45, 7) is 0. The van der Waals surface area contributed by atoms with Crippen molar-refractivity contribution in [1.82, 2.24) is 0 Å². The zero-order valence-corrected chi connectivity index (χ0v) is 8.06. The Labute approximate surface area is 71.1 Å². The zero-order chi connectivity index (χ0) is 8.20. The summed E-state index contributed by atoms with van der Waals surface area (Å²) in [5.74, 6) is -0.0134. The third kappa shape index (κ3) is 8.68. The maximum atomic E-state index is 10.2. The predicted molar refractivity (Wildman–Crippen MR) is 43.1 cm³/mol. The molecule has 0 radical (unpaired) electrons. The Hall–Kier alpha value is 0.680. The molecule has 0 saturated carbocycles. The monoisotopic (exact) mass is 224 g/mol. The highest BCUT2D eigenvalue weighted by molar-refractivity contribution is 8.13. The lowest BCUT2D eigenvalue weighted by Gasteiger charge is -1.91. The first-order valence-electron chi connectivity index (χ1n) is 2.39. The Morgan fingerprint density at radius 2 is 1.90 bits per heavy atom. The zero-order valence-electron chi connectivity index (χ0n) is 4.92. The summed E-state index contributed by atoms with van der Waals surface area (Å²) in [5, 5.41) is 0. The molecular weight excluding hydrogens is 219 g/mol. The van der Waals surface area contributed by atoms with Gasteiger partial charge in [0, 0.05) is 16.4 Å². The fourth-order valence-corrected chi connectivity index (χ4v) is 2.04. The highest BCUT2D eigenvalue weighted by Gasteiger charge is 2.04. The molecule has 0 saturated heterocycles. The second kappa shape index (κ2) is 4.54. The molecule has 0 aromatic heterocycles. The second-order valence-corrected chi connectivity index (χ2v) is 6.51. The van der Waals surface area contributed by atoms with Crippen molar-refractivity contribution < 1.29 is 12.6 Å². The van der Waals surface area contributed by atoms with Crippen LogP contribution in [0.15, 0.2) is 0 Å². The van der Waals surface area contributed by atoms with Crippen LogP contribution in [0.1, 0.15) is 6.42 Å². The van der Waals surface area contributed by atoms with Crippen LogP contribution in [0.5, 0.6) is 0 Å². The molecule has 0 rings (SSSR count). The van der Waals surface area contributed by atoms with Crippen LogP contribution in [0.3, 0.4) is 0 Å². The van der Waals surface area contributed by atoms with Crippen molar-refractivity contribution in [2.75, 3.05) is 11.5 Å². The van der Waals surface area contributed by atoms with Gasteiger partial charge in [0.1, 0.15) is 10.0 Å². The Balaban J connectivity index is 3.49. The van der Waals surface area contributed by atoms with Gasteiger partial charge in [-0.05, 0) is 17.1 Å². The molecule has 1 atom stereocenters. The lowest BCUT2D eigenvalue weighted by atomic mass is 10.6. The summed E-state index contributed by atoms with van der Waals surface area (Å²) in [7, 11) is 5.00. The molecular formula is C3H6Cl2O3S2. The minimum atomic E-state index is -3.44. The molecule has 0 bridgehead atoms. The largest absolute Gasteiger partial charge is 0.243 e. The normalized spacial score (nSPS) is 15.0. The highest BCUT2D eigenvalue weighted by Crippen LogP contribution is 2.00. The van der Waals surface area contributed by atoms with E-state index in [1.165, 1.54) is 0 Å². The Kier molecular flexibility index (Phi) is 4.84. The van der Waals surface area contributed by atoms with Crippen LogP contribution < -0.4 is 0 Å². The van der Waals surface area contributed by atoms with Crippen molar-refractivity contribution in [2.45, 2.75) is 6.42 Å². The summed E-state index contributed by atoms with van der Waals surface area (Å²) < 4.78 is 30.6. The first-order valence-corrected chi connectivity index (χ1v) is 7.01. The van der Waals surface area contributed by atoms with E-state index in [1.54, 1.807) is 0 Å². The van der Waals surface area contributed by atoms with Crippen molar-refractivity contribution in [3.63, 3.8) is 0 Å². The average molecular weight is 225 g/mol. The van der Waals surface area contributed by atoms with Gasteiger partial charge in [0.2, 0.25) is 9.05 Å². The van der Waals surface area contributed by atoms with Crippen LogP contribution in [0.4, 0.5) is 0 Å². The maximum absolute atomic E-state index is 10.2. The summed E-state index contributed by atoms with van der Waals surface area (Å²) in [6, 6.07) is 0. The summed E-state index contributed by atoms with van der Waals surface area (Å²) in [6.07, 6.45) is 0.238. The Morgan fingerprint density at radius 1 is 1.40 bits per heavy atom. The summed E-state index contributed by atoms with van der Waals surface area (Å²) in [4.78, 5) is 0. The first-order chi connectivity index (χ1) is 4.42. The summed E-state index contributed by atoms with van der Waals surface area (Å²) in [5.41, 5.74) is 0. The van der Waals surface area contributed by atoms with E-state index in [0.29, 0.717) is 0 Å². The molecule has 1 unspecified atom stereocenters. The third-order valence-corrected chi connectivity index (χ3v) is 3.00. The van der Waals surface area contributed by atoms with Crippen molar-refractivity contribution in [3.05, 3.63) is 0 Å². The fourth-order valence-electron chi connectivity index (χ4n) is 0.345. The van der Waals surface area contributed by atoms with E-state index in [2.05, 4.69) is 0 Å². The molecule has 0 aliphatic carbocycles. The minimum absolute atomic E-state index is 0.160. The molecule has 62 valence electrons. The molecule has 0 spiro atoms. The highest BCUT2D eigenvalue weighted by atomic mass is 35.7. The van der Waals surface area contributed by atoms with Gasteiger partial charge in [0.15, 0.2) is 0 Å². The van der Waals surface area contributed by atoms with Crippen molar-refractivity contribution in [2.24, 2.45) is 0 Å². The lowest BCUT2D eigenvalue weighted by molar-refractivity contribution is 0.608. The molecule has 7 heteroatoms. The fraction of sp³-hybridized carbons (Fsp3) is 1.00. The van der Waals surface area contributed by atoms with E-state index in [4.69, 9.17) is 21.4 Å². The molecule has 0 fully saturated rings. The van der Waals surface area contributed by atoms with Gasteiger partial charge in [-0.1, -0.05) is 0 Å². The third-order valence-electron chi connectivity index (χ3n) is 0.693. The van der Waals surface area contributed by atoms with Crippen LogP contribution in [0.2, 0.25) is 0 Å². The number of hydrogen-bond acceptors (Lipinski definition) is 3. The molecule has 0 aliphatic rings. The van der Waals surface area contributed by atoms with Crippen LogP contribution in [0, 0.1) is 0 Å². The van der Waals surface area contributed by atoms with E-state index >= 15 is 0 Å². The lowest BCUT2D eigenvalue weighted by Crippen LogP contribution is -2.00. The van der Waals surface area contributed by atoms with Gasteiger partial charge in [0.25, 0.3) is 0 Å². The second-order valence-electron chi connectivity index (χ2n) is 1.59.